The van der Waals surface area contributed by atoms with Gasteiger partial charge >= 0.3 is 0 Å². The van der Waals surface area contributed by atoms with E-state index < -0.39 is 5.54 Å². The van der Waals surface area contributed by atoms with Gasteiger partial charge in [0.25, 0.3) is 0 Å². The van der Waals surface area contributed by atoms with Crippen molar-refractivity contribution in [1.29, 1.82) is 0 Å². The summed E-state index contributed by atoms with van der Waals surface area (Å²) < 4.78 is 13.0. The van der Waals surface area contributed by atoms with Gasteiger partial charge < -0.3 is 10.6 Å². The quantitative estimate of drug-likeness (QED) is 0.861. The number of hydrogen-bond acceptors (Lipinski definition) is 3. The molecule has 1 heterocycles. The topological polar surface area (TPSA) is 49.6 Å². The second-order valence-electron chi connectivity index (χ2n) is 6.91. The summed E-state index contributed by atoms with van der Waals surface area (Å²) in [6.07, 6.45) is 4.73. The van der Waals surface area contributed by atoms with E-state index in [2.05, 4.69) is 4.90 Å². The van der Waals surface area contributed by atoms with Crippen LogP contribution in [-0.2, 0) is 11.3 Å². The van der Waals surface area contributed by atoms with Gasteiger partial charge in [-0.15, -0.1) is 24.8 Å². The minimum atomic E-state index is -0.619. The maximum Gasteiger partial charge on any atom is 0.242 e. The van der Waals surface area contributed by atoms with E-state index in [0.717, 1.165) is 70.4 Å². The smallest absolute Gasteiger partial charge is 0.242 e. The third-order valence-corrected chi connectivity index (χ3v) is 5.12. The highest BCUT2D eigenvalue weighted by Crippen LogP contribution is 2.29. The molecule has 0 aromatic heterocycles. The third kappa shape index (κ3) is 5.55. The number of carbonyl (C=O) groups is 1. The summed E-state index contributed by atoms with van der Waals surface area (Å²) in [6, 6.07) is 6.66. The molecule has 0 unspecified atom stereocenters. The Balaban J connectivity index is 0.00000156. The number of rotatable bonds is 3. The van der Waals surface area contributed by atoms with Crippen LogP contribution >= 0.6 is 24.8 Å². The molecule has 0 radical (unpaired) electrons. The van der Waals surface area contributed by atoms with Crippen LogP contribution in [0.15, 0.2) is 24.3 Å². The highest BCUT2D eigenvalue weighted by Gasteiger charge is 2.40. The molecular weight excluding hydrogens is 364 g/mol. The number of nitrogens with two attached hydrogens (primary N) is 1. The lowest BCUT2D eigenvalue weighted by atomic mass is 9.97. The second kappa shape index (κ2) is 9.72. The molecule has 1 aromatic carbocycles. The average Bonchev–Trinajstić information content (AvgIpc) is 2.87. The maximum atomic E-state index is 13.0. The first kappa shape index (κ1) is 22.2. The van der Waals surface area contributed by atoms with Crippen LogP contribution in [0, 0.1) is 5.82 Å². The van der Waals surface area contributed by atoms with Crippen molar-refractivity contribution in [2.24, 2.45) is 5.73 Å². The number of carbonyl (C=O) groups excluding carboxylic acids is 1. The van der Waals surface area contributed by atoms with Crippen LogP contribution in [-0.4, -0.2) is 47.4 Å². The van der Waals surface area contributed by atoms with Crippen LogP contribution < -0.4 is 5.73 Å². The molecule has 4 nitrogen and oxygen atoms in total. The molecule has 0 atom stereocenters. The van der Waals surface area contributed by atoms with Gasteiger partial charge in [0, 0.05) is 32.7 Å². The molecule has 142 valence electrons. The molecule has 2 fully saturated rings. The molecule has 1 aliphatic carbocycles. The molecule has 0 spiro atoms. The van der Waals surface area contributed by atoms with Crippen molar-refractivity contribution in [1.82, 2.24) is 9.80 Å². The SMILES string of the molecule is Cl.Cl.NC1(C(=O)N2CCCN(Cc3ccc(F)cc3)CC2)CCCC1. The zero-order valence-electron chi connectivity index (χ0n) is 14.5. The van der Waals surface area contributed by atoms with E-state index in [1.54, 1.807) is 0 Å². The predicted octanol–water partition coefficient (Wildman–Crippen LogP) is 2.98. The Morgan fingerprint density at radius 3 is 2.28 bits per heavy atom. The molecule has 2 aliphatic rings. The van der Waals surface area contributed by atoms with Crippen LogP contribution in [0.2, 0.25) is 0 Å². The fourth-order valence-corrected chi connectivity index (χ4v) is 3.71. The first-order chi connectivity index (χ1) is 11.1. The summed E-state index contributed by atoms with van der Waals surface area (Å²) in [5, 5.41) is 0. The van der Waals surface area contributed by atoms with E-state index in [9.17, 15) is 9.18 Å². The highest BCUT2D eigenvalue weighted by atomic mass is 35.5. The molecule has 2 N–H and O–H groups in total. The number of benzene rings is 1. The molecular formula is C18H28Cl2FN3O. The van der Waals surface area contributed by atoms with Crippen molar-refractivity contribution in [3.63, 3.8) is 0 Å². The Morgan fingerprint density at radius 2 is 1.64 bits per heavy atom. The molecule has 1 saturated carbocycles. The molecule has 0 bridgehead atoms. The van der Waals surface area contributed by atoms with Crippen LogP contribution in [0.5, 0.6) is 0 Å². The number of amides is 1. The first-order valence-electron chi connectivity index (χ1n) is 8.62. The van der Waals surface area contributed by atoms with Crippen molar-refractivity contribution >= 4 is 30.7 Å². The van der Waals surface area contributed by atoms with Gasteiger partial charge in [-0.25, -0.2) is 4.39 Å². The van der Waals surface area contributed by atoms with E-state index >= 15 is 0 Å². The lowest BCUT2D eigenvalue weighted by Crippen LogP contribution is -2.54. The minimum absolute atomic E-state index is 0. The van der Waals surface area contributed by atoms with Gasteiger partial charge in [-0.05, 0) is 37.0 Å². The molecule has 3 rings (SSSR count). The van der Waals surface area contributed by atoms with Crippen LogP contribution in [0.4, 0.5) is 4.39 Å². The Bertz CT molecular complexity index is 550. The van der Waals surface area contributed by atoms with E-state index in [4.69, 9.17) is 5.73 Å². The first-order valence-corrected chi connectivity index (χ1v) is 8.62. The zero-order valence-corrected chi connectivity index (χ0v) is 16.1. The van der Waals surface area contributed by atoms with Gasteiger partial charge in [-0.3, -0.25) is 9.69 Å². The maximum absolute atomic E-state index is 13.0. The molecule has 1 aliphatic heterocycles. The van der Waals surface area contributed by atoms with Crippen LogP contribution in [0.25, 0.3) is 0 Å². The lowest BCUT2D eigenvalue weighted by Gasteiger charge is -2.30. The molecule has 7 heteroatoms. The third-order valence-electron chi connectivity index (χ3n) is 5.12. The number of hydrogen-bond donors (Lipinski definition) is 1. The summed E-state index contributed by atoms with van der Waals surface area (Å²) in [4.78, 5) is 17.0. The van der Waals surface area contributed by atoms with E-state index in [-0.39, 0.29) is 36.5 Å². The van der Waals surface area contributed by atoms with Gasteiger partial charge in [0.05, 0.1) is 5.54 Å². The average molecular weight is 392 g/mol. The standard InChI is InChI=1S/C18H26FN3O.2ClH/c19-16-6-4-15(5-7-16)14-21-10-3-11-22(13-12-21)17(23)18(20)8-1-2-9-18;;/h4-7H,1-3,8-14,20H2;2*1H. The summed E-state index contributed by atoms with van der Waals surface area (Å²) in [5.41, 5.74) is 6.81. The van der Waals surface area contributed by atoms with Crippen molar-refractivity contribution in [3.05, 3.63) is 35.6 Å². The van der Waals surface area contributed by atoms with Crippen LogP contribution in [0.3, 0.4) is 0 Å². The largest absolute Gasteiger partial charge is 0.340 e. The Morgan fingerprint density at radius 1 is 1.00 bits per heavy atom. The van der Waals surface area contributed by atoms with Gasteiger partial charge in [0.1, 0.15) is 5.82 Å². The number of halogens is 3. The van der Waals surface area contributed by atoms with Gasteiger partial charge in [0.2, 0.25) is 5.91 Å². The summed E-state index contributed by atoms with van der Waals surface area (Å²) in [7, 11) is 0. The van der Waals surface area contributed by atoms with E-state index in [1.807, 2.05) is 17.0 Å². The fraction of sp³-hybridized carbons (Fsp3) is 0.611. The number of nitrogens with zero attached hydrogens (tertiary/aromatic N) is 2. The highest BCUT2D eigenvalue weighted by molar-refractivity contribution is 5.86. The zero-order chi connectivity index (χ0) is 16.3. The fourth-order valence-electron chi connectivity index (χ4n) is 3.71. The monoisotopic (exact) mass is 391 g/mol. The predicted molar refractivity (Wildman–Crippen MR) is 103 cm³/mol. The Hall–Kier alpha value is -0.880. The minimum Gasteiger partial charge on any atom is -0.340 e. The Labute approximate surface area is 161 Å². The molecule has 25 heavy (non-hydrogen) atoms. The molecule has 1 aromatic rings. The van der Waals surface area contributed by atoms with Crippen molar-refractivity contribution in [2.75, 3.05) is 26.2 Å². The second-order valence-corrected chi connectivity index (χ2v) is 6.91. The summed E-state index contributed by atoms with van der Waals surface area (Å²) in [6.45, 7) is 4.13. The van der Waals surface area contributed by atoms with Crippen molar-refractivity contribution < 1.29 is 9.18 Å². The lowest BCUT2D eigenvalue weighted by molar-refractivity contribution is -0.136. The summed E-state index contributed by atoms with van der Waals surface area (Å²) in [5.74, 6) is -0.0650. The van der Waals surface area contributed by atoms with Crippen LogP contribution in [0.1, 0.15) is 37.7 Å². The van der Waals surface area contributed by atoms with Gasteiger partial charge in [-0.2, -0.15) is 0 Å². The van der Waals surface area contributed by atoms with Crippen molar-refractivity contribution in [3.8, 4) is 0 Å². The van der Waals surface area contributed by atoms with E-state index in [0.29, 0.717) is 0 Å². The normalized spacial score (nSPS) is 20.3. The molecule has 1 amide bonds. The van der Waals surface area contributed by atoms with E-state index in [1.165, 1.54) is 12.1 Å². The Kier molecular flexibility index (Phi) is 8.61. The van der Waals surface area contributed by atoms with Gasteiger partial charge in [-0.1, -0.05) is 25.0 Å². The molecule has 1 saturated heterocycles. The van der Waals surface area contributed by atoms with Gasteiger partial charge in [0.15, 0.2) is 0 Å². The van der Waals surface area contributed by atoms with Crippen molar-refractivity contribution in [2.45, 2.75) is 44.2 Å². The summed E-state index contributed by atoms with van der Waals surface area (Å²) >= 11 is 0.